The van der Waals surface area contributed by atoms with Crippen LogP contribution in [-0.2, 0) is 0 Å². The molecule has 19 heavy (non-hydrogen) atoms. The number of rotatable bonds is 3. The van der Waals surface area contributed by atoms with Gasteiger partial charge in [-0.2, -0.15) is 0 Å². The Labute approximate surface area is 127 Å². The van der Waals surface area contributed by atoms with Gasteiger partial charge in [-0.25, -0.2) is 4.39 Å². The topological polar surface area (TPSA) is 12.0 Å². The van der Waals surface area contributed by atoms with Gasteiger partial charge in [-0.3, -0.25) is 0 Å². The molecule has 0 aromatic heterocycles. The number of hydrogen-bond donors (Lipinski definition) is 1. The number of nitrogens with one attached hydrogen (secondary N) is 1. The molecule has 0 heterocycles. The van der Waals surface area contributed by atoms with Crippen molar-refractivity contribution in [2.24, 2.45) is 0 Å². The Kier molecular flexibility index (Phi) is 4.58. The molecule has 0 fully saturated rings. The van der Waals surface area contributed by atoms with Crippen molar-refractivity contribution in [3.05, 3.63) is 68.0 Å². The van der Waals surface area contributed by atoms with E-state index in [9.17, 15) is 4.39 Å². The molecule has 2 aromatic carbocycles. The van der Waals surface area contributed by atoms with Gasteiger partial charge in [0, 0.05) is 3.57 Å². The van der Waals surface area contributed by atoms with Crippen LogP contribution in [0.15, 0.2) is 36.4 Å². The summed E-state index contributed by atoms with van der Waals surface area (Å²) in [4.78, 5) is 0. The van der Waals surface area contributed by atoms with Gasteiger partial charge in [0.25, 0.3) is 0 Å². The lowest BCUT2D eigenvalue weighted by Crippen LogP contribution is -2.20. The molecular formula is C16H17FIN. The minimum absolute atomic E-state index is 0.0929. The third kappa shape index (κ3) is 3.15. The van der Waals surface area contributed by atoms with E-state index in [0.717, 1.165) is 16.7 Å². The van der Waals surface area contributed by atoms with Crippen LogP contribution in [0.4, 0.5) is 4.39 Å². The van der Waals surface area contributed by atoms with Gasteiger partial charge in [-0.15, -0.1) is 0 Å². The molecular weight excluding hydrogens is 352 g/mol. The highest BCUT2D eigenvalue weighted by atomic mass is 127. The molecule has 0 aliphatic carbocycles. The van der Waals surface area contributed by atoms with Crippen molar-refractivity contribution in [3.63, 3.8) is 0 Å². The molecule has 0 spiro atoms. The van der Waals surface area contributed by atoms with Crippen LogP contribution in [0.2, 0.25) is 0 Å². The van der Waals surface area contributed by atoms with E-state index in [1.807, 2.05) is 20.9 Å². The minimum atomic E-state index is -0.170. The average molecular weight is 369 g/mol. The Bertz CT molecular complexity index is 572. The van der Waals surface area contributed by atoms with Crippen LogP contribution in [0.25, 0.3) is 0 Å². The maximum absolute atomic E-state index is 13.4. The minimum Gasteiger partial charge on any atom is -0.309 e. The number of hydrogen-bond acceptors (Lipinski definition) is 1. The highest BCUT2D eigenvalue weighted by Crippen LogP contribution is 2.29. The zero-order valence-corrected chi connectivity index (χ0v) is 13.5. The molecule has 2 rings (SSSR count). The summed E-state index contributed by atoms with van der Waals surface area (Å²) >= 11 is 2.31. The van der Waals surface area contributed by atoms with Gasteiger partial charge < -0.3 is 5.32 Å². The van der Waals surface area contributed by atoms with Crippen LogP contribution in [0.1, 0.15) is 28.3 Å². The molecule has 3 heteroatoms. The third-order valence-corrected chi connectivity index (χ3v) is 3.99. The van der Waals surface area contributed by atoms with Crippen molar-refractivity contribution < 1.29 is 4.39 Å². The summed E-state index contributed by atoms with van der Waals surface area (Å²) in [5, 5.41) is 3.34. The molecule has 0 saturated heterocycles. The molecule has 2 aromatic rings. The largest absolute Gasteiger partial charge is 0.309 e. The van der Waals surface area contributed by atoms with Gasteiger partial charge in [0.15, 0.2) is 0 Å². The van der Waals surface area contributed by atoms with Crippen LogP contribution < -0.4 is 5.32 Å². The Morgan fingerprint density at radius 1 is 1.11 bits per heavy atom. The van der Waals surface area contributed by atoms with Crippen LogP contribution in [0, 0.1) is 23.2 Å². The zero-order valence-electron chi connectivity index (χ0n) is 11.3. The summed E-state index contributed by atoms with van der Waals surface area (Å²) in [5.41, 5.74) is 4.32. The van der Waals surface area contributed by atoms with Gasteiger partial charge in [-0.1, -0.05) is 12.1 Å². The smallest absolute Gasteiger partial charge is 0.123 e. The highest BCUT2D eigenvalue weighted by Gasteiger charge is 2.17. The number of halogens is 2. The summed E-state index contributed by atoms with van der Waals surface area (Å²) in [6, 6.07) is 11.7. The Balaban J connectivity index is 2.54. The first-order valence-electron chi connectivity index (χ1n) is 6.22. The van der Waals surface area contributed by atoms with Crippen LogP contribution in [0.5, 0.6) is 0 Å². The molecule has 0 radical (unpaired) electrons. The lowest BCUT2D eigenvalue weighted by atomic mass is 9.91. The van der Waals surface area contributed by atoms with Crippen molar-refractivity contribution in [2.45, 2.75) is 19.9 Å². The SMILES string of the molecule is CNC(c1cccc(I)c1)c1c(C)cc(F)cc1C. The second kappa shape index (κ2) is 6.01. The van der Waals surface area contributed by atoms with Crippen molar-refractivity contribution in [2.75, 3.05) is 7.05 Å². The summed E-state index contributed by atoms with van der Waals surface area (Å²) < 4.78 is 14.6. The number of aryl methyl sites for hydroxylation is 2. The second-order valence-electron chi connectivity index (χ2n) is 4.73. The van der Waals surface area contributed by atoms with Gasteiger partial charge in [-0.05, 0) is 90.0 Å². The van der Waals surface area contributed by atoms with Gasteiger partial charge >= 0.3 is 0 Å². The van der Waals surface area contributed by atoms with E-state index in [-0.39, 0.29) is 11.9 Å². The fourth-order valence-corrected chi connectivity index (χ4v) is 3.11. The molecule has 1 nitrogen and oxygen atoms in total. The molecule has 100 valence electrons. The van der Waals surface area contributed by atoms with E-state index in [2.05, 4.69) is 52.2 Å². The van der Waals surface area contributed by atoms with Crippen LogP contribution in [-0.4, -0.2) is 7.05 Å². The van der Waals surface area contributed by atoms with E-state index >= 15 is 0 Å². The fraction of sp³-hybridized carbons (Fsp3) is 0.250. The first-order valence-corrected chi connectivity index (χ1v) is 7.30. The van der Waals surface area contributed by atoms with Crippen molar-refractivity contribution in [1.82, 2.24) is 5.32 Å². The van der Waals surface area contributed by atoms with Crippen molar-refractivity contribution in [3.8, 4) is 0 Å². The van der Waals surface area contributed by atoms with Crippen molar-refractivity contribution in [1.29, 1.82) is 0 Å². The molecule has 0 bridgehead atoms. The van der Waals surface area contributed by atoms with Crippen molar-refractivity contribution >= 4 is 22.6 Å². The van der Waals surface area contributed by atoms with E-state index < -0.39 is 0 Å². The summed E-state index contributed by atoms with van der Waals surface area (Å²) in [6.45, 7) is 3.92. The molecule has 0 aliphatic heterocycles. The fourth-order valence-electron chi connectivity index (χ4n) is 2.54. The Hall–Kier alpha value is -0.940. The Morgan fingerprint density at radius 2 is 1.74 bits per heavy atom. The van der Waals surface area contributed by atoms with E-state index in [1.54, 1.807) is 12.1 Å². The molecule has 1 atom stereocenters. The monoisotopic (exact) mass is 369 g/mol. The maximum atomic E-state index is 13.4. The number of benzene rings is 2. The lowest BCUT2D eigenvalue weighted by Gasteiger charge is -2.22. The normalized spacial score (nSPS) is 12.5. The van der Waals surface area contributed by atoms with E-state index in [0.29, 0.717) is 0 Å². The summed E-state index contributed by atoms with van der Waals surface area (Å²) in [6.07, 6.45) is 0. The molecule has 1 unspecified atom stereocenters. The van der Waals surface area contributed by atoms with E-state index in [4.69, 9.17) is 0 Å². The highest BCUT2D eigenvalue weighted by molar-refractivity contribution is 14.1. The molecule has 0 aliphatic rings. The lowest BCUT2D eigenvalue weighted by molar-refractivity contribution is 0.618. The standard InChI is InChI=1S/C16H17FIN/c1-10-7-13(17)8-11(2)15(10)16(19-3)12-5-4-6-14(18)9-12/h4-9,16,19H,1-3H3. The predicted octanol–water partition coefficient (Wildman–Crippen LogP) is 4.36. The van der Waals surface area contributed by atoms with Gasteiger partial charge in [0.05, 0.1) is 6.04 Å². The average Bonchev–Trinajstić information content (AvgIpc) is 2.33. The predicted molar refractivity (Wildman–Crippen MR) is 85.9 cm³/mol. The quantitative estimate of drug-likeness (QED) is 0.793. The summed E-state index contributed by atoms with van der Waals surface area (Å²) in [7, 11) is 1.94. The van der Waals surface area contributed by atoms with E-state index in [1.165, 1.54) is 9.13 Å². The summed E-state index contributed by atoms with van der Waals surface area (Å²) in [5.74, 6) is -0.170. The third-order valence-electron chi connectivity index (χ3n) is 3.32. The maximum Gasteiger partial charge on any atom is 0.123 e. The first kappa shape index (κ1) is 14.5. The second-order valence-corrected chi connectivity index (χ2v) is 5.98. The molecule has 0 amide bonds. The molecule has 1 N–H and O–H groups in total. The zero-order chi connectivity index (χ0) is 14.0. The first-order chi connectivity index (χ1) is 9.02. The van der Waals surface area contributed by atoms with Crippen LogP contribution in [0.3, 0.4) is 0 Å². The molecule has 0 saturated carbocycles. The van der Waals surface area contributed by atoms with Gasteiger partial charge in [0.1, 0.15) is 5.82 Å². The van der Waals surface area contributed by atoms with Crippen LogP contribution >= 0.6 is 22.6 Å². The Morgan fingerprint density at radius 3 is 2.26 bits per heavy atom. The van der Waals surface area contributed by atoms with Gasteiger partial charge in [0.2, 0.25) is 0 Å².